The zero-order valence-electron chi connectivity index (χ0n) is 16.2. The van der Waals surface area contributed by atoms with Crippen molar-refractivity contribution in [2.75, 3.05) is 6.79 Å². The van der Waals surface area contributed by atoms with Crippen LogP contribution in [0.1, 0.15) is 47.1 Å². The van der Waals surface area contributed by atoms with Gasteiger partial charge in [0.25, 0.3) is 5.91 Å². The molecule has 3 heterocycles. The van der Waals surface area contributed by atoms with Gasteiger partial charge >= 0.3 is 0 Å². The molecule has 146 valence electrons. The molecule has 0 aliphatic carbocycles. The fourth-order valence-electron chi connectivity index (χ4n) is 3.86. The monoisotopic (exact) mass is 396 g/mol. The Hall–Kier alpha value is -2.73. The summed E-state index contributed by atoms with van der Waals surface area (Å²) in [5.41, 5.74) is 11.7. The molecule has 0 radical (unpaired) electrons. The number of amides is 1. The molecule has 2 N–H and O–H groups in total. The van der Waals surface area contributed by atoms with Crippen molar-refractivity contribution in [3.05, 3.63) is 57.5 Å². The summed E-state index contributed by atoms with van der Waals surface area (Å²) in [4.78, 5) is 12.4. The van der Waals surface area contributed by atoms with E-state index in [1.807, 2.05) is 30.5 Å². The maximum Gasteiger partial charge on any atom is 0.251 e. The van der Waals surface area contributed by atoms with E-state index in [1.165, 1.54) is 5.69 Å². The van der Waals surface area contributed by atoms with Crippen LogP contribution in [-0.4, -0.2) is 17.3 Å². The second kappa shape index (κ2) is 7.72. The largest absolute Gasteiger partial charge is 0.454 e. The highest BCUT2D eigenvalue weighted by Crippen LogP contribution is 2.37. The summed E-state index contributed by atoms with van der Waals surface area (Å²) in [5.74, 6) is 1.17. The van der Waals surface area contributed by atoms with Gasteiger partial charge in [0.2, 0.25) is 6.79 Å². The molecule has 0 fully saturated rings. The molecule has 3 aromatic rings. The molecule has 1 aliphatic heterocycles. The molecule has 1 aromatic carbocycles. The Morgan fingerprint density at radius 1 is 1.25 bits per heavy atom. The SMILES string of the molecule is CCCCc1c(-c2ccsc2)c(C(N)=O)c(C)n1Cc1ccc2c(c1)OCO2. The van der Waals surface area contributed by atoms with E-state index in [9.17, 15) is 4.79 Å². The number of hydrogen-bond acceptors (Lipinski definition) is 4. The molecule has 0 spiro atoms. The third-order valence-electron chi connectivity index (χ3n) is 5.23. The maximum absolute atomic E-state index is 12.4. The fourth-order valence-corrected chi connectivity index (χ4v) is 4.50. The summed E-state index contributed by atoms with van der Waals surface area (Å²) in [6.07, 6.45) is 3.05. The van der Waals surface area contributed by atoms with E-state index in [0.29, 0.717) is 12.1 Å². The summed E-state index contributed by atoms with van der Waals surface area (Å²) < 4.78 is 13.2. The van der Waals surface area contributed by atoms with Crippen LogP contribution < -0.4 is 15.2 Å². The molecule has 0 saturated carbocycles. The predicted octanol–water partition coefficient (Wildman–Crippen LogP) is 4.74. The number of aromatic nitrogens is 1. The van der Waals surface area contributed by atoms with Crippen molar-refractivity contribution in [3.8, 4) is 22.6 Å². The molecule has 5 nitrogen and oxygen atoms in total. The number of hydrogen-bond donors (Lipinski definition) is 1. The van der Waals surface area contributed by atoms with E-state index in [0.717, 1.165) is 53.1 Å². The van der Waals surface area contributed by atoms with Crippen molar-refractivity contribution in [2.45, 2.75) is 39.7 Å². The van der Waals surface area contributed by atoms with Gasteiger partial charge in [-0.2, -0.15) is 11.3 Å². The lowest BCUT2D eigenvalue weighted by Gasteiger charge is -2.13. The highest BCUT2D eigenvalue weighted by molar-refractivity contribution is 7.08. The Kier molecular flexibility index (Phi) is 5.13. The summed E-state index contributed by atoms with van der Waals surface area (Å²) in [5, 5.41) is 4.12. The van der Waals surface area contributed by atoms with Gasteiger partial charge in [-0.05, 0) is 59.9 Å². The van der Waals surface area contributed by atoms with E-state index in [2.05, 4.69) is 22.9 Å². The van der Waals surface area contributed by atoms with Gasteiger partial charge in [0, 0.05) is 23.5 Å². The van der Waals surface area contributed by atoms with Gasteiger partial charge < -0.3 is 19.8 Å². The van der Waals surface area contributed by atoms with Crippen molar-refractivity contribution in [1.29, 1.82) is 0 Å². The van der Waals surface area contributed by atoms with Crippen molar-refractivity contribution >= 4 is 17.2 Å². The van der Waals surface area contributed by atoms with Gasteiger partial charge in [-0.15, -0.1) is 0 Å². The Labute approximate surface area is 168 Å². The second-order valence-corrected chi connectivity index (χ2v) is 7.82. The molecule has 0 atom stereocenters. The minimum Gasteiger partial charge on any atom is -0.454 e. The van der Waals surface area contributed by atoms with Gasteiger partial charge in [-0.25, -0.2) is 0 Å². The lowest BCUT2D eigenvalue weighted by atomic mass is 10.00. The standard InChI is InChI=1S/C22H24N2O3S/c1-3-4-5-17-21(16-8-9-28-12-16)20(22(23)25)14(2)24(17)11-15-6-7-18-19(10-15)27-13-26-18/h6-10,12H,3-5,11,13H2,1-2H3,(H2,23,25). The van der Waals surface area contributed by atoms with Gasteiger partial charge in [0.05, 0.1) is 5.56 Å². The normalized spacial score (nSPS) is 12.5. The molecule has 4 rings (SSSR count). The molecule has 1 aliphatic rings. The average molecular weight is 397 g/mol. The number of carbonyl (C=O) groups is 1. The predicted molar refractivity (Wildman–Crippen MR) is 111 cm³/mol. The fraction of sp³-hybridized carbons (Fsp3) is 0.318. The van der Waals surface area contributed by atoms with E-state index in [4.69, 9.17) is 15.2 Å². The number of nitrogens with two attached hydrogens (primary N) is 1. The highest BCUT2D eigenvalue weighted by atomic mass is 32.1. The molecular weight excluding hydrogens is 372 g/mol. The first-order valence-corrected chi connectivity index (χ1v) is 10.5. The van der Waals surface area contributed by atoms with Crippen molar-refractivity contribution in [2.24, 2.45) is 5.73 Å². The summed E-state index contributed by atoms with van der Waals surface area (Å²) in [6.45, 7) is 5.08. The number of rotatable bonds is 7. The highest BCUT2D eigenvalue weighted by Gasteiger charge is 2.25. The lowest BCUT2D eigenvalue weighted by molar-refractivity contribution is 0.1000. The minimum absolute atomic E-state index is 0.261. The molecule has 0 unspecified atom stereocenters. The Morgan fingerprint density at radius 3 is 2.79 bits per heavy atom. The maximum atomic E-state index is 12.4. The van der Waals surface area contributed by atoms with Crippen LogP contribution in [-0.2, 0) is 13.0 Å². The number of ether oxygens (including phenoxy) is 2. The number of benzene rings is 1. The van der Waals surface area contributed by atoms with Crippen LogP contribution in [0.25, 0.3) is 11.1 Å². The number of fused-ring (bicyclic) bond motifs is 1. The van der Waals surface area contributed by atoms with E-state index < -0.39 is 0 Å². The molecule has 0 saturated heterocycles. The smallest absolute Gasteiger partial charge is 0.251 e. The van der Waals surface area contributed by atoms with Crippen LogP contribution in [0.2, 0.25) is 0 Å². The van der Waals surface area contributed by atoms with E-state index in [-0.39, 0.29) is 12.7 Å². The third-order valence-corrected chi connectivity index (χ3v) is 5.92. The molecule has 6 heteroatoms. The molecule has 1 amide bonds. The Balaban J connectivity index is 1.83. The molecule has 2 aromatic heterocycles. The van der Waals surface area contributed by atoms with Crippen LogP contribution in [0.15, 0.2) is 35.0 Å². The average Bonchev–Trinajstić information content (AvgIpc) is 3.40. The van der Waals surface area contributed by atoms with Gasteiger partial charge in [0.1, 0.15) is 0 Å². The first kappa shape index (κ1) is 18.6. The van der Waals surface area contributed by atoms with E-state index >= 15 is 0 Å². The van der Waals surface area contributed by atoms with Crippen molar-refractivity contribution < 1.29 is 14.3 Å². The zero-order valence-corrected chi connectivity index (χ0v) is 17.0. The van der Waals surface area contributed by atoms with Gasteiger partial charge in [0.15, 0.2) is 11.5 Å². The topological polar surface area (TPSA) is 66.5 Å². The number of unbranched alkanes of at least 4 members (excludes halogenated alkanes) is 1. The Bertz CT molecular complexity index is 1010. The van der Waals surface area contributed by atoms with Gasteiger partial charge in [-0.1, -0.05) is 19.4 Å². The second-order valence-electron chi connectivity index (χ2n) is 7.04. The number of thiophene rings is 1. The van der Waals surface area contributed by atoms with Crippen LogP contribution >= 0.6 is 11.3 Å². The van der Waals surface area contributed by atoms with Crippen LogP contribution in [0.5, 0.6) is 11.5 Å². The van der Waals surface area contributed by atoms with E-state index in [1.54, 1.807) is 11.3 Å². The number of nitrogens with zero attached hydrogens (tertiary/aromatic N) is 1. The number of carbonyl (C=O) groups excluding carboxylic acids is 1. The van der Waals surface area contributed by atoms with Crippen molar-refractivity contribution in [3.63, 3.8) is 0 Å². The first-order chi connectivity index (χ1) is 13.6. The van der Waals surface area contributed by atoms with Crippen molar-refractivity contribution in [1.82, 2.24) is 4.57 Å². The summed E-state index contributed by atoms with van der Waals surface area (Å²) >= 11 is 1.63. The quantitative estimate of drug-likeness (QED) is 0.627. The Morgan fingerprint density at radius 2 is 2.07 bits per heavy atom. The molecule has 0 bridgehead atoms. The van der Waals surface area contributed by atoms with Crippen LogP contribution in [0, 0.1) is 6.92 Å². The summed E-state index contributed by atoms with van der Waals surface area (Å²) in [7, 11) is 0. The molecular formula is C22H24N2O3S. The first-order valence-electron chi connectivity index (χ1n) is 9.53. The summed E-state index contributed by atoms with van der Waals surface area (Å²) in [6, 6.07) is 8.06. The number of primary amides is 1. The van der Waals surface area contributed by atoms with Gasteiger partial charge in [-0.3, -0.25) is 4.79 Å². The third kappa shape index (κ3) is 3.29. The van der Waals surface area contributed by atoms with Crippen LogP contribution in [0.3, 0.4) is 0 Å². The lowest BCUT2D eigenvalue weighted by Crippen LogP contribution is -2.13. The minimum atomic E-state index is -0.374. The molecule has 28 heavy (non-hydrogen) atoms. The van der Waals surface area contributed by atoms with Crippen LogP contribution in [0.4, 0.5) is 0 Å². The zero-order chi connectivity index (χ0) is 19.7.